The zero-order valence-electron chi connectivity index (χ0n) is 18.7. The van der Waals surface area contributed by atoms with E-state index in [0.717, 1.165) is 34.9 Å². The van der Waals surface area contributed by atoms with Gasteiger partial charge in [0.2, 0.25) is 0 Å². The summed E-state index contributed by atoms with van der Waals surface area (Å²) < 4.78 is 0. The van der Waals surface area contributed by atoms with Crippen LogP contribution in [0.25, 0.3) is 10.2 Å². The molecule has 2 aromatic carbocycles. The molecule has 3 heterocycles. The molecule has 1 fully saturated rings. The van der Waals surface area contributed by atoms with Crippen molar-refractivity contribution in [1.29, 1.82) is 0 Å². The van der Waals surface area contributed by atoms with Crippen LogP contribution in [0.15, 0.2) is 54.6 Å². The van der Waals surface area contributed by atoms with Crippen molar-refractivity contribution in [3.8, 4) is 0 Å². The summed E-state index contributed by atoms with van der Waals surface area (Å²) in [5, 5.41) is 1.72. The van der Waals surface area contributed by atoms with Gasteiger partial charge >= 0.3 is 0 Å². The minimum atomic E-state index is 0.0253. The van der Waals surface area contributed by atoms with E-state index in [0.29, 0.717) is 30.1 Å². The molecule has 1 amide bonds. The van der Waals surface area contributed by atoms with Crippen LogP contribution in [0, 0.1) is 13.8 Å². The predicted octanol–water partition coefficient (Wildman–Crippen LogP) is 5.51. The monoisotopic (exact) mass is 476 g/mol. The van der Waals surface area contributed by atoms with E-state index in [-0.39, 0.29) is 5.91 Å². The van der Waals surface area contributed by atoms with Gasteiger partial charge in [0, 0.05) is 48.1 Å². The number of fused-ring (bicyclic) bond motifs is 1. The van der Waals surface area contributed by atoms with Gasteiger partial charge in [0.15, 0.2) is 0 Å². The van der Waals surface area contributed by atoms with Gasteiger partial charge in [-0.3, -0.25) is 4.79 Å². The van der Waals surface area contributed by atoms with Crippen LogP contribution in [-0.2, 0) is 6.42 Å². The Morgan fingerprint density at radius 3 is 2.48 bits per heavy atom. The van der Waals surface area contributed by atoms with Crippen LogP contribution in [-0.4, -0.2) is 47.0 Å². The smallest absolute Gasteiger partial charge is 0.254 e. The highest BCUT2D eigenvalue weighted by Gasteiger charge is 2.26. The van der Waals surface area contributed by atoms with Crippen LogP contribution in [0.1, 0.15) is 32.2 Å². The number of nitrogens with zero attached hydrogens (tertiary/aromatic N) is 4. The van der Waals surface area contributed by atoms with E-state index in [1.165, 1.54) is 16.0 Å². The van der Waals surface area contributed by atoms with Crippen molar-refractivity contribution in [2.45, 2.75) is 20.3 Å². The number of thiophene rings is 1. The molecular formula is C26H25ClN4OS. The molecule has 1 saturated heterocycles. The number of piperazine rings is 1. The Balaban J connectivity index is 1.41. The maximum atomic E-state index is 12.9. The van der Waals surface area contributed by atoms with Gasteiger partial charge in [-0.15, -0.1) is 11.3 Å². The Labute approximate surface area is 202 Å². The Bertz CT molecular complexity index is 1310. The number of rotatable bonds is 4. The first-order valence-electron chi connectivity index (χ1n) is 11.1. The lowest BCUT2D eigenvalue weighted by Gasteiger charge is -2.36. The standard InChI is InChI=1S/C26H25ClN4OS/c1-17-18(2)33-25-23(17)24(28-22(29-25)15-19-7-4-3-5-8-19)30-11-13-31(14-12-30)26(32)20-9-6-10-21(27)16-20/h3-10,16H,11-15H2,1-2H3. The van der Waals surface area contributed by atoms with Gasteiger partial charge in [0.25, 0.3) is 5.91 Å². The maximum Gasteiger partial charge on any atom is 0.254 e. The zero-order valence-corrected chi connectivity index (χ0v) is 20.3. The average molecular weight is 477 g/mol. The zero-order chi connectivity index (χ0) is 22.9. The van der Waals surface area contributed by atoms with Crippen molar-refractivity contribution in [3.05, 3.63) is 87.0 Å². The molecule has 7 heteroatoms. The fourth-order valence-corrected chi connectivity index (χ4v) is 5.52. The van der Waals surface area contributed by atoms with E-state index < -0.39 is 0 Å². The summed E-state index contributed by atoms with van der Waals surface area (Å²) in [6.07, 6.45) is 0.701. The molecule has 0 spiro atoms. The summed E-state index contributed by atoms with van der Waals surface area (Å²) in [5.41, 5.74) is 3.08. The highest BCUT2D eigenvalue weighted by Crippen LogP contribution is 2.35. The van der Waals surface area contributed by atoms with Crippen molar-refractivity contribution in [3.63, 3.8) is 0 Å². The predicted molar refractivity (Wildman–Crippen MR) is 136 cm³/mol. The maximum absolute atomic E-state index is 12.9. The fraction of sp³-hybridized carbons (Fsp3) is 0.269. The molecule has 33 heavy (non-hydrogen) atoms. The van der Waals surface area contributed by atoms with Gasteiger partial charge in [0.1, 0.15) is 16.5 Å². The lowest BCUT2D eigenvalue weighted by Crippen LogP contribution is -2.49. The van der Waals surface area contributed by atoms with Gasteiger partial charge in [-0.1, -0.05) is 48.0 Å². The summed E-state index contributed by atoms with van der Waals surface area (Å²) in [7, 11) is 0. The number of hydrogen-bond acceptors (Lipinski definition) is 5. The van der Waals surface area contributed by atoms with E-state index in [1.54, 1.807) is 23.5 Å². The van der Waals surface area contributed by atoms with E-state index in [2.05, 4.69) is 30.9 Å². The number of hydrogen-bond donors (Lipinski definition) is 0. The van der Waals surface area contributed by atoms with E-state index in [9.17, 15) is 4.79 Å². The van der Waals surface area contributed by atoms with E-state index in [4.69, 9.17) is 21.6 Å². The quantitative estimate of drug-likeness (QED) is 0.389. The first kappa shape index (κ1) is 21.9. The molecule has 0 atom stereocenters. The van der Waals surface area contributed by atoms with Gasteiger partial charge in [0.05, 0.1) is 5.39 Å². The second-order valence-corrected chi connectivity index (χ2v) is 10.0. The largest absolute Gasteiger partial charge is 0.352 e. The third kappa shape index (κ3) is 4.45. The first-order valence-corrected chi connectivity index (χ1v) is 12.3. The van der Waals surface area contributed by atoms with Crippen LogP contribution >= 0.6 is 22.9 Å². The Hall–Kier alpha value is -2.96. The SMILES string of the molecule is Cc1sc2nc(Cc3ccccc3)nc(N3CCN(C(=O)c4cccc(Cl)c4)CC3)c2c1C. The molecule has 168 valence electrons. The number of amides is 1. The van der Waals surface area contributed by atoms with Gasteiger partial charge in [-0.2, -0.15) is 0 Å². The Morgan fingerprint density at radius 1 is 1.00 bits per heavy atom. The molecular weight excluding hydrogens is 452 g/mol. The summed E-state index contributed by atoms with van der Waals surface area (Å²) >= 11 is 7.81. The van der Waals surface area contributed by atoms with Gasteiger partial charge in [-0.25, -0.2) is 9.97 Å². The number of benzene rings is 2. The summed E-state index contributed by atoms with van der Waals surface area (Å²) in [6.45, 7) is 7.05. The third-order valence-electron chi connectivity index (χ3n) is 6.20. The van der Waals surface area contributed by atoms with Crippen LogP contribution < -0.4 is 4.90 Å². The van der Waals surface area contributed by atoms with Gasteiger partial charge < -0.3 is 9.80 Å². The molecule has 1 aliphatic rings. The lowest BCUT2D eigenvalue weighted by molar-refractivity contribution is 0.0746. The lowest BCUT2D eigenvalue weighted by atomic mass is 10.1. The van der Waals surface area contributed by atoms with Crippen molar-refractivity contribution in [2.75, 3.05) is 31.1 Å². The third-order valence-corrected chi connectivity index (χ3v) is 7.54. The minimum absolute atomic E-state index is 0.0253. The summed E-state index contributed by atoms with van der Waals surface area (Å²) in [6, 6.07) is 17.5. The number of aromatic nitrogens is 2. The molecule has 0 saturated carbocycles. The fourth-order valence-electron chi connectivity index (χ4n) is 4.28. The van der Waals surface area contributed by atoms with Crippen LogP contribution in [0.3, 0.4) is 0 Å². The van der Waals surface area contributed by atoms with Gasteiger partial charge in [-0.05, 0) is 43.2 Å². The number of halogens is 1. The minimum Gasteiger partial charge on any atom is -0.352 e. The Kier molecular flexibility index (Phi) is 6.04. The molecule has 5 rings (SSSR count). The van der Waals surface area contributed by atoms with E-state index >= 15 is 0 Å². The second kappa shape index (κ2) is 9.12. The first-order chi connectivity index (χ1) is 16.0. The van der Waals surface area contributed by atoms with E-state index in [1.807, 2.05) is 35.2 Å². The highest BCUT2D eigenvalue weighted by molar-refractivity contribution is 7.18. The van der Waals surface area contributed by atoms with Crippen molar-refractivity contribution in [1.82, 2.24) is 14.9 Å². The summed E-state index contributed by atoms with van der Waals surface area (Å²) in [4.78, 5) is 29.4. The number of anilines is 1. The van der Waals surface area contributed by atoms with Crippen LogP contribution in [0.5, 0.6) is 0 Å². The number of carbonyl (C=O) groups excluding carboxylic acids is 1. The molecule has 2 aromatic heterocycles. The number of aryl methyl sites for hydroxylation is 2. The van der Waals surface area contributed by atoms with Crippen molar-refractivity contribution < 1.29 is 4.79 Å². The van der Waals surface area contributed by atoms with Crippen LogP contribution in [0.4, 0.5) is 5.82 Å². The molecule has 0 aliphatic carbocycles. The summed E-state index contributed by atoms with van der Waals surface area (Å²) in [5.74, 6) is 1.85. The second-order valence-electron chi connectivity index (χ2n) is 8.38. The average Bonchev–Trinajstić information content (AvgIpc) is 3.12. The molecule has 1 aliphatic heterocycles. The molecule has 0 unspecified atom stereocenters. The Morgan fingerprint density at radius 2 is 1.76 bits per heavy atom. The molecule has 0 N–H and O–H groups in total. The van der Waals surface area contributed by atoms with Crippen molar-refractivity contribution in [2.24, 2.45) is 0 Å². The normalized spacial score (nSPS) is 14.2. The molecule has 4 aromatic rings. The highest BCUT2D eigenvalue weighted by atomic mass is 35.5. The molecule has 0 bridgehead atoms. The molecule has 5 nitrogen and oxygen atoms in total. The number of carbonyl (C=O) groups is 1. The topological polar surface area (TPSA) is 49.3 Å². The van der Waals surface area contributed by atoms with Crippen molar-refractivity contribution >= 4 is 44.9 Å². The van der Waals surface area contributed by atoms with Crippen LogP contribution in [0.2, 0.25) is 5.02 Å². The molecule has 0 radical (unpaired) electrons.